The van der Waals surface area contributed by atoms with Crippen LogP contribution in [-0.2, 0) is 4.79 Å². The molecule has 0 unspecified atom stereocenters. The van der Waals surface area contributed by atoms with E-state index in [1.165, 1.54) is 31.2 Å². The third kappa shape index (κ3) is 2.86. The number of ketones is 1. The molecule has 0 saturated heterocycles. The maximum absolute atomic E-state index is 13.7. The van der Waals surface area contributed by atoms with Crippen LogP contribution in [0.15, 0.2) is 42.5 Å². The summed E-state index contributed by atoms with van der Waals surface area (Å²) in [6.07, 6.45) is 0. The Morgan fingerprint density at radius 1 is 1.10 bits per heavy atom. The number of hydrogen-bond acceptors (Lipinski definition) is 2. The number of halogens is 2. The van der Waals surface area contributed by atoms with Gasteiger partial charge in [0.05, 0.1) is 21.8 Å². The van der Waals surface area contributed by atoms with Crippen molar-refractivity contribution in [1.82, 2.24) is 0 Å². The van der Waals surface area contributed by atoms with E-state index in [0.717, 1.165) is 0 Å². The molecule has 0 aliphatic rings. The summed E-state index contributed by atoms with van der Waals surface area (Å²) < 4.78 is 13.7. The number of carbonyl (C=O) groups is 2. The van der Waals surface area contributed by atoms with Gasteiger partial charge in [-0.3, -0.25) is 9.59 Å². The van der Waals surface area contributed by atoms with Gasteiger partial charge in [0.25, 0.3) is 0 Å². The Bertz CT molecular complexity index is 685. The maximum Gasteiger partial charge on any atom is 0.221 e. The molecule has 0 saturated carbocycles. The van der Waals surface area contributed by atoms with Crippen LogP contribution in [0.3, 0.4) is 0 Å². The summed E-state index contributed by atoms with van der Waals surface area (Å²) in [5.74, 6) is -1.54. The van der Waals surface area contributed by atoms with Crippen molar-refractivity contribution >= 4 is 29.0 Å². The summed E-state index contributed by atoms with van der Waals surface area (Å²) in [5, 5.41) is 2.67. The molecule has 5 heteroatoms. The SMILES string of the molecule is CC(=O)Nc1cccc(Cl)c1C(=O)c1ccccc1F. The average Bonchev–Trinajstić information content (AvgIpc) is 2.38. The zero-order valence-electron chi connectivity index (χ0n) is 10.6. The topological polar surface area (TPSA) is 46.2 Å². The van der Waals surface area contributed by atoms with Crippen molar-refractivity contribution in [3.63, 3.8) is 0 Å². The molecule has 0 fully saturated rings. The van der Waals surface area contributed by atoms with E-state index in [1.807, 2.05) is 0 Å². The molecule has 0 heterocycles. The van der Waals surface area contributed by atoms with Crippen LogP contribution in [0.1, 0.15) is 22.8 Å². The van der Waals surface area contributed by atoms with Gasteiger partial charge in [-0.25, -0.2) is 4.39 Å². The molecule has 0 radical (unpaired) electrons. The van der Waals surface area contributed by atoms with Crippen molar-refractivity contribution in [2.45, 2.75) is 6.92 Å². The van der Waals surface area contributed by atoms with Crippen LogP contribution in [0.2, 0.25) is 5.02 Å². The van der Waals surface area contributed by atoms with Crippen LogP contribution >= 0.6 is 11.6 Å². The molecule has 2 aromatic rings. The van der Waals surface area contributed by atoms with E-state index >= 15 is 0 Å². The van der Waals surface area contributed by atoms with E-state index in [1.54, 1.807) is 18.2 Å². The Morgan fingerprint density at radius 3 is 2.45 bits per heavy atom. The third-order valence-corrected chi connectivity index (χ3v) is 2.98. The molecule has 102 valence electrons. The number of nitrogens with one attached hydrogen (secondary N) is 1. The number of carbonyl (C=O) groups excluding carboxylic acids is 2. The van der Waals surface area contributed by atoms with Crippen LogP contribution in [0.25, 0.3) is 0 Å². The molecule has 1 amide bonds. The van der Waals surface area contributed by atoms with Gasteiger partial charge in [-0.15, -0.1) is 0 Å². The normalized spacial score (nSPS) is 10.2. The van der Waals surface area contributed by atoms with E-state index < -0.39 is 11.6 Å². The highest BCUT2D eigenvalue weighted by atomic mass is 35.5. The Kier molecular flexibility index (Phi) is 4.15. The Hall–Kier alpha value is -2.20. The molecule has 20 heavy (non-hydrogen) atoms. The van der Waals surface area contributed by atoms with Crippen LogP contribution in [0.4, 0.5) is 10.1 Å². The number of anilines is 1. The van der Waals surface area contributed by atoms with Gasteiger partial charge in [0.2, 0.25) is 5.91 Å². The molecule has 0 spiro atoms. The molecule has 3 nitrogen and oxygen atoms in total. The Morgan fingerprint density at radius 2 is 1.80 bits per heavy atom. The zero-order valence-corrected chi connectivity index (χ0v) is 11.4. The summed E-state index contributed by atoms with van der Waals surface area (Å²) in [5.41, 5.74) is 0.250. The van der Waals surface area contributed by atoms with Crippen molar-refractivity contribution in [1.29, 1.82) is 0 Å². The van der Waals surface area contributed by atoms with Crippen molar-refractivity contribution in [3.8, 4) is 0 Å². The van der Waals surface area contributed by atoms with Crippen LogP contribution in [0, 0.1) is 5.82 Å². The average molecular weight is 292 g/mol. The second-order valence-electron chi connectivity index (χ2n) is 4.15. The maximum atomic E-state index is 13.7. The van der Waals surface area contributed by atoms with Crippen molar-refractivity contribution in [3.05, 3.63) is 64.4 Å². The minimum atomic E-state index is -0.633. The summed E-state index contributed by atoms with van der Waals surface area (Å²) in [7, 11) is 0. The Balaban J connectivity index is 2.54. The first-order chi connectivity index (χ1) is 9.50. The standard InChI is InChI=1S/C15H11ClFNO2/c1-9(19)18-13-8-4-6-11(16)14(13)15(20)10-5-2-3-7-12(10)17/h2-8H,1H3,(H,18,19). The van der Waals surface area contributed by atoms with Gasteiger partial charge in [-0.05, 0) is 24.3 Å². The largest absolute Gasteiger partial charge is 0.326 e. The van der Waals surface area contributed by atoms with Gasteiger partial charge in [0, 0.05) is 6.92 Å². The summed E-state index contributed by atoms with van der Waals surface area (Å²) in [6, 6.07) is 10.3. The molecule has 0 atom stereocenters. The molecule has 0 aliphatic carbocycles. The van der Waals surface area contributed by atoms with Crippen molar-refractivity contribution in [2.24, 2.45) is 0 Å². The van der Waals surface area contributed by atoms with Crippen LogP contribution in [0.5, 0.6) is 0 Å². The highest BCUT2D eigenvalue weighted by Crippen LogP contribution is 2.28. The third-order valence-electron chi connectivity index (χ3n) is 2.67. The number of benzene rings is 2. The fraction of sp³-hybridized carbons (Fsp3) is 0.0667. The monoisotopic (exact) mass is 291 g/mol. The second-order valence-corrected chi connectivity index (χ2v) is 4.56. The second kappa shape index (κ2) is 5.84. The van der Waals surface area contributed by atoms with Crippen molar-refractivity contribution < 1.29 is 14.0 Å². The first-order valence-corrected chi connectivity index (χ1v) is 6.24. The Labute approximate surface area is 120 Å². The van der Waals surface area contributed by atoms with Gasteiger partial charge in [0.15, 0.2) is 5.78 Å². The molecule has 1 N–H and O–H groups in total. The molecular weight excluding hydrogens is 281 g/mol. The van der Waals surface area contributed by atoms with E-state index in [2.05, 4.69) is 5.32 Å². The van der Waals surface area contributed by atoms with E-state index in [4.69, 9.17) is 11.6 Å². The lowest BCUT2D eigenvalue weighted by Crippen LogP contribution is -2.13. The summed E-state index contributed by atoms with van der Waals surface area (Å²) >= 11 is 6.02. The minimum absolute atomic E-state index is 0.0782. The summed E-state index contributed by atoms with van der Waals surface area (Å²) in [6.45, 7) is 1.32. The van der Waals surface area contributed by atoms with Gasteiger partial charge < -0.3 is 5.32 Å². The van der Waals surface area contributed by atoms with Crippen LogP contribution in [-0.4, -0.2) is 11.7 Å². The van der Waals surface area contributed by atoms with E-state index in [9.17, 15) is 14.0 Å². The van der Waals surface area contributed by atoms with Crippen molar-refractivity contribution in [2.75, 3.05) is 5.32 Å². The van der Waals surface area contributed by atoms with E-state index in [-0.39, 0.29) is 27.7 Å². The predicted molar refractivity (Wildman–Crippen MR) is 75.6 cm³/mol. The van der Waals surface area contributed by atoms with Crippen LogP contribution < -0.4 is 5.32 Å². The van der Waals surface area contributed by atoms with E-state index in [0.29, 0.717) is 0 Å². The highest BCUT2D eigenvalue weighted by Gasteiger charge is 2.20. The molecule has 2 rings (SSSR count). The molecule has 2 aromatic carbocycles. The molecular formula is C15H11ClFNO2. The lowest BCUT2D eigenvalue weighted by Gasteiger charge is -2.11. The minimum Gasteiger partial charge on any atom is -0.326 e. The molecule has 0 aliphatic heterocycles. The first kappa shape index (κ1) is 14.2. The quantitative estimate of drug-likeness (QED) is 0.877. The predicted octanol–water partition coefficient (Wildman–Crippen LogP) is 3.67. The van der Waals surface area contributed by atoms with Gasteiger partial charge in [0.1, 0.15) is 5.82 Å². The fourth-order valence-corrected chi connectivity index (χ4v) is 2.09. The van der Waals surface area contributed by atoms with Gasteiger partial charge in [-0.1, -0.05) is 29.8 Å². The number of rotatable bonds is 3. The highest BCUT2D eigenvalue weighted by molar-refractivity contribution is 6.36. The van der Waals surface area contributed by atoms with Gasteiger partial charge in [-0.2, -0.15) is 0 Å². The number of amides is 1. The molecule has 0 bridgehead atoms. The first-order valence-electron chi connectivity index (χ1n) is 5.86. The fourth-order valence-electron chi connectivity index (χ4n) is 1.83. The zero-order chi connectivity index (χ0) is 14.7. The lowest BCUT2D eigenvalue weighted by molar-refractivity contribution is -0.114. The van der Waals surface area contributed by atoms with Gasteiger partial charge >= 0.3 is 0 Å². The smallest absolute Gasteiger partial charge is 0.221 e. The molecule has 0 aromatic heterocycles. The summed E-state index contributed by atoms with van der Waals surface area (Å²) in [4.78, 5) is 23.6. The lowest BCUT2D eigenvalue weighted by atomic mass is 10.0. The number of hydrogen-bond donors (Lipinski definition) is 1.